The second kappa shape index (κ2) is 9.96. The summed E-state index contributed by atoms with van der Waals surface area (Å²) in [5, 5.41) is 6.58. The Labute approximate surface area is 197 Å². The number of likely N-dealkylation sites (tertiary alicyclic amines) is 1. The molecule has 0 saturated carbocycles. The topological polar surface area (TPSA) is 54.4 Å². The molecule has 0 N–H and O–H groups in total. The Morgan fingerprint density at radius 3 is 2.48 bits per heavy atom. The highest BCUT2D eigenvalue weighted by Gasteiger charge is 2.36. The van der Waals surface area contributed by atoms with E-state index >= 15 is 0 Å². The number of ether oxygens (including phenoxy) is 2. The molecule has 1 amide bonds. The van der Waals surface area contributed by atoms with Crippen LogP contribution >= 0.6 is 0 Å². The summed E-state index contributed by atoms with van der Waals surface area (Å²) in [5.41, 5.74) is 5.33. The SMILES string of the molecule is COc1ccc(OC)c([C@H]2CC(c3ccc(C)cc3C)=NN2C(=O)CN2CCC(C)CC2)c1. The third kappa shape index (κ3) is 5.06. The van der Waals surface area contributed by atoms with Crippen LogP contribution in [0.1, 0.15) is 54.5 Å². The lowest BCUT2D eigenvalue weighted by atomic mass is 9.94. The number of hydrogen-bond acceptors (Lipinski definition) is 5. The van der Waals surface area contributed by atoms with Crippen molar-refractivity contribution in [3.63, 3.8) is 0 Å². The van der Waals surface area contributed by atoms with Gasteiger partial charge in [-0.15, -0.1) is 0 Å². The summed E-state index contributed by atoms with van der Waals surface area (Å²) in [7, 11) is 3.31. The van der Waals surface area contributed by atoms with E-state index in [0.29, 0.717) is 13.0 Å². The molecule has 33 heavy (non-hydrogen) atoms. The van der Waals surface area contributed by atoms with Gasteiger partial charge in [0, 0.05) is 17.5 Å². The number of piperidine rings is 1. The van der Waals surface area contributed by atoms with Crippen LogP contribution in [0.5, 0.6) is 11.5 Å². The number of benzene rings is 2. The maximum atomic E-state index is 13.6. The lowest BCUT2D eigenvalue weighted by molar-refractivity contribution is -0.134. The number of methoxy groups -OCH3 is 2. The van der Waals surface area contributed by atoms with Crippen molar-refractivity contribution in [2.75, 3.05) is 33.9 Å². The van der Waals surface area contributed by atoms with Crippen LogP contribution in [0.25, 0.3) is 0 Å². The van der Waals surface area contributed by atoms with E-state index < -0.39 is 0 Å². The molecular formula is C27H35N3O3. The molecule has 2 heterocycles. The molecule has 0 unspecified atom stereocenters. The molecule has 6 heteroatoms. The Hall–Kier alpha value is -2.86. The van der Waals surface area contributed by atoms with Gasteiger partial charge in [-0.25, -0.2) is 5.01 Å². The van der Waals surface area contributed by atoms with Crippen LogP contribution in [0.3, 0.4) is 0 Å². The molecule has 2 aliphatic rings. The fraction of sp³-hybridized carbons (Fsp3) is 0.481. The zero-order valence-corrected chi connectivity index (χ0v) is 20.4. The molecule has 2 aliphatic heterocycles. The molecule has 1 atom stereocenters. The number of hydrogen-bond donors (Lipinski definition) is 0. The number of nitrogens with zero attached hydrogens (tertiary/aromatic N) is 3. The highest BCUT2D eigenvalue weighted by Crippen LogP contribution is 2.39. The first kappa shape index (κ1) is 23.3. The Bertz CT molecular complexity index is 1040. The van der Waals surface area contributed by atoms with Crippen LogP contribution in [0, 0.1) is 19.8 Å². The van der Waals surface area contributed by atoms with Crippen LogP contribution in [-0.4, -0.2) is 55.4 Å². The minimum absolute atomic E-state index is 0.0270. The second-order valence-electron chi connectivity index (χ2n) is 9.39. The van der Waals surface area contributed by atoms with E-state index in [-0.39, 0.29) is 11.9 Å². The van der Waals surface area contributed by atoms with E-state index in [1.54, 1.807) is 19.2 Å². The minimum Gasteiger partial charge on any atom is -0.497 e. The van der Waals surface area contributed by atoms with Crippen molar-refractivity contribution in [2.24, 2.45) is 11.0 Å². The van der Waals surface area contributed by atoms with Gasteiger partial charge in [0.1, 0.15) is 11.5 Å². The van der Waals surface area contributed by atoms with Gasteiger partial charge in [-0.1, -0.05) is 30.7 Å². The number of aryl methyl sites for hydroxylation is 2. The van der Waals surface area contributed by atoms with Crippen molar-refractivity contribution in [1.82, 2.24) is 9.91 Å². The fourth-order valence-electron chi connectivity index (χ4n) is 4.87. The Morgan fingerprint density at radius 2 is 1.82 bits per heavy atom. The van der Waals surface area contributed by atoms with E-state index in [4.69, 9.17) is 14.6 Å². The molecular weight excluding hydrogens is 414 g/mol. The lowest BCUT2D eigenvalue weighted by Crippen LogP contribution is -2.41. The van der Waals surface area contributed by atoms with Crippen molar-refractivity contribution < 1.29 is 14.3 Å². The van der Waals surface area contributed by atoms with E-state index in [1.165, 1.54) is 11.1 Å². The van der Waals surface area contributed by atoms with Crippen molar-refractivity contribution >= 4 is 11.6 Å². The Morgan fingerprint density at radius 1 is 1.06 bits per heavy atom. The van der Waals surface area contributed by atoms with Crippen molar-refractivity contribution in [2.45, 2.75) is 46.1 Å². The molecule has 0 radical (unpaired) electrons. The van der Waals surface area contributed by atoms with Gasteiger partial charge in [-0.2, -0.15) is 5.10 Å². The zero-order chi connectivity index (χ0) is 23.5. The molecule has 0 bridgehead atoms. The molecule has 0 aromatic heterocycles. The molecule has 0 spiro atoms. The molecule has 176 valence electrons. The van der Waals surface area contributed by atoms with Crippen molar-refractivity contribution in [1.29, 1.82) is 0 Å². The molecule has 1 saturated heterocycles. The van der Waals surface area contributed by atoms with E-state index in [0.717, 1.165) is 60.2 Å². The summed E-state index contributed by atoms with van der Waals surface area (Å²) in [6, 6.07) is 11.9. The summed E-state index contributed by atoms with van der Waals surface area (Å²) in [4.78, 5) is 15.8. The van der Waals surface area contributed by atoms with E-state index in [2.05, 4.69) is 43.9 Å². The fourth-order valence-corrected chi connectivity index (χ4v) is 4.87. The number of amides is 1. The summed E-state index contributed by atoms with van der Waals surface area (Å²) in [6.45, 7) is 8.78. The van der Waals surface area contributed by atoms with Gasteiger partial charge in [-0.3, -0.25) is 9.69 Å². The van der Waals surface area contributed by atoms with Gasteiger partial charge >= 0.3 is 0 Å². The van der Waals surface area contributed by atoms with Crippen LogP contribution in [0.15, 0.2) is 41.5 Å². The van der Waals surface area contributed by atoms with Gasteiger partial charge in [-0.05, 0) is 69.5 Å². The van der Waals surface area contributed by atoms with E-state index in [9.17, 15) is 4.79 Å². The number of hydrazone groups is 1. The minimum atomic E-state index is -0.234. The van der Waals surface area contributed by atoms with Crippen molar-refractivity contribution in [3.8, 4) is 11.5 Å². The van der Waals surface area contributed by atoms with Gasteiger partial charge < -0.3 is 9.47 Å². The number of rotatable bonds is 6. The van der Waals surface area contributed by atoms with Gasteiger partial charge in [0.05, 0.1) is 32.5 Å². The molecule has 4 rings (SSSR count). The average Bonchev–Trinajstić information content (AvgIpc) is 3.25. The van der Waals surface area contributed by atoms with Gasteiger partial charge in [0.15, 0.2) is 0 Å². The van der Waals surface area contributed by atoms with Gasteiger partial charge in [0.2, 0.25) is 0 Å². The highest BCUT2D eigenvalue weighted by molar-refractivity contribution is 6.04. The zero-order valence-electron chi connectivity index (χ0n) is 20.4. The van der Waals surface area contributed by atoms with E-state index in [1.807, 2.05) is 18.2 Å². The first-order chi connectivity index (χ1) is 15.9. The second-order valence-corrected chi connectivity index (χ2v) is 9.39. The molecule has 2 aromatic carbocycles. The predicted octanol–water partition coefficient (Wildman–Crippen LogP) is 4.73. The predicted molar refractivity (Wildman–Crippen MR) is 131 cm³/mol. The quantitative estimate of drug-likeness (QED) is 0.640. The van der Waals surface area contributed by atoms with Crippen LogP contribution in [0.2, 0.25) is 0 Å². The van der Waals surface area contributed by atoms with Crippen LogP contribution in [-0.2, 0) is 4.79 Å². The highest BCUT2D eigenvalue weighted by atomic mass is 16.5. The summed E-state index contributed by atoms with van der Waals surface area (Å²) in [6.07, 6.45) is 2.91. The third-order valence-electron chi connectivity index (χ3n) is 6.89. The molecule has 0 aliphatic carbocycles. The maximum Gasteiger partial charge on any atom is 0.257 e. The number of carbonyl (C=O) groups excluding carboxylic acids is 1. The smallest absolute Gasteiger partial charge is 0.257 e. The molecule has 6 nitrogen and oxygen atoms in total. The number of carbonyl (C=O) groups is 1. The average molecular weight is 450 g/mol. The third-order valence-corrected chi connectivity index (χ3v) is 6.89. The molecule has 1 fully saturated rings. The normalized spacial score (nSPS) is 19.5. The van der Waals surface area contributed by atoms with Crippen molar-refractivity contribution in [3.05, 3.63) is 58.7 Å². The lowest BCUT2D eigenvalue weighted by Gasteiger charge is -2.31. The maximum absolute atomic E-state index is 13.6. The van der Waals surface area contributed by atoms with Gasteiger partial charge in [0.25, 0.3) is 5.91 Å². The Balaban J connectivity index is 1.68. The largest absolute Gasteiger partial charge is 0.497 e. The molecule has 2 aromatic rings. The summed E-state index contributed by atoms with van der Waals surface area (Å²) >= 11 is 0. The Kier molecular flexibility index (Phi) is 7.03. The first-order valence-electron chi connectivity index (χ1n) is 11.8. The monoisotopic (exact) mass is 449 g/mol. The van der Waals surface area contributed by atoms with Crippen LogP contribution < -0.4 is 9.47 Å². The first-order valence-corrected chi connectivity index (χ1v) is 11.8. The summed E-state index contributed by atoms with van der Waals surface area (Å²) in [5.74, 6) is 2.23. The summed E-state index contributed by atoms with van der Waals surface area (Å²) < 4.78 is 11.2. The van der Waals surface area contributed by atoms with Crippen LogP contribution in [0.4, 0.5) is 0 Å². The standard InChI is InChI=1S/C27H35N3O3/c1-18-10-12-29(13-11-18)17-27(31)30-25(23-15-21(32-4)7-9-26(23)33-5)16-24(28-30)22-8-6-19(2)14-20(22)3/h6-9,14-15,18,25H,10-13,16-17H2,1-5H3/t25-/m1/s1.